The van der Waals surface area contributed by atoms with Gasteiger partial charge in [0.15, 0.2) is 0 Å². The van der Waals surface area contributed by atoms with Crippen LogP contribution in [0, 0.1) is 0 Å². The van der Waals surface area contributed by atoms with Crippen LogP contribution >= 0.6 is 0 Å². The Balaban J connectivity index is 0.000000291. The Hall–Kier alpha value is -3.53. The van der Waals surface area contributed by atoms with Crippen molar-refractivity contribution in [3.8, 4) is 0 Å². The molecule has 0 aliphatic carbocycles. The van der Waals surface area contributed by atoms with Crippen molar-refractivity contribution in [3.05, 3.63) is 144 Å². The Morgan fingerprint density at radius 1 is 0.588 bits per heavy atom. The third kappa shape index (κ3) is 6.74. The molecule has 1 aliphatic rings. The van der Waals surface area contributed by atoms with Gasteiger partial charge in [-0.05, 0) is 23.1 Å². The van der Waals surface area contributed by atoms with Crippen LogP contribution in [-0.2, 0) is 13.1 Å². The minimum Gasteiger partial charge on any atom is -0.298 e. The fraction of sp³-hybridized carbons (Fsp3) is 0.194. The molecule has 0 spiro atoms. The first-order valence-electron chi connectivity index (χ1n) is 11.9. The Morgan fingerprint density at radius 3 is 1.41 bits per heavy atom. The number of rotatable bonds is 6. The molecule has 1 aliphatic heterocycles. The van der Waals surface area contributed by atoms with Crippen molar-refractivity contribution in [2.75, 3.05) is 13.1 Å². The summed E-state index contributed by atoms with van der Waals surface area (Å²) in [7, 11) is 0. The standard InChI is InChI=1S/C24H26N2.C7H6O/c1-4-11-21(12-5-1)19-25-17-10-18-26(20-22-13-6-2-7-14-22)24(25)23-15-8-3-9-16-23;8-6-7-4-2-1-3-5-7/h1-9,11-16,24H,10,17-20H2;1-6H. The molecule has 1 saturated heterocycles. The molecule has 3 heteroatoms. The third-order valence-electron chi connectivity index (χ3n) is 6.07. The molecule has 34 heavy (non-hydrogen) atoms. The van der Waals surface area contributed by atoms with Crippen molar-refractivity contribution in [1.29, 1.82) is 0 Å². The maximum Gasteiger partial charge on any atom is 0.150 e. The van der Waals surface area contributed by atoms with Gasteiger partial charge in [-0.25, -0.2) is 0 Å². The molecule has 0 N–H and O–H groups in total. The van der Waals surface area contributed by atoms with E-state index >= 15 is 0 Å². The van der Waals surface area contributed by atoms with E-state index in [2.05, 4.69) is 101 Å². The zero-order valence-electron chi connectivity index (χ0n) is 19.5. The van der Waals surface area contributed by atoms with Crippen LogP contribution in [-0.4, -0.2) is 29.2 Å². The molecule has 172 valence electrons. The molecule has 3 nitrogen and oxygen atoms in total. The molecular weight excluding hydrogens is 416 g/mol. The molecular formula is C31H32N2O. The number of hydrogen-bond donors (Lipinski definition) is 0. The topological polar surface area (TPSA) is 23.6 Å². The van der Waals surface area contributed by atoms with Gasteiger partial charge in [-0.15, -0.1) is 0 Å². The maximum absolute atomic E-state index is 10.0. The minimum atomic E-state index is 0.324. The predicted octanol–water partition coefficient (Wildman–Crippen LogP) is 6.59. The molecule has 0 amide bonds. The van der Waals surface area contributed by atoms with Crippen LogP contribution in [0.4, 0.5) is 0 Å². The lowest BCUT2D eigenvalue weighted by atomic mass is 10.0. The molecule has 0 bridgehead atoms. The summed E-state index contributed by atoms with van der Waals surface area (Å²) in [5.74, 6) is 0. The highest BCUT2D eigenvalue weighted by atomic mass is 16.1. The number of benzene rings is 4. The van der Waals surface area contributed by atoms with Gasteiger partial charge in [0.1, 0.15) is 6.29 Å². The molecule has 1 fully saturated rings. The van der Waals surface area contributed by atoms with Crippen molar-refractivity contribution in [1.82, 2.24) is 9.80 Å². The van der Waals surface area contributed by atoms with Gasteiger partial charge in [-0.2, -0.15) is 0 Å². The number of hydrogen-bond acceptors (Lipinski definition) is 3. The average Bonchev–Trinajstić information content (AvgIpc) is 2.91. The summed E-state index contributed by atoms with van der Waals surface area (Å²) in [6, 6.07) is 41.7. The van der Waals surface area contributed by atoms with Gasteiger partial charge in [-0.3, -0.25) is 14.6 Å². The zero-order valence-corrected chi connectivity index (χ0v) is 19.5. The van der Waals surface area contributed by atoms with Crippen LogP contribution in [0.2, 0.25) is 0 Å². The summed E-state index contributed by atoms with van der Waals surface area (Å²) >= 11 is 0. The van der Waals surface area contributed by atoms with Crippen molar-refractivity contribution >= 4 is 6.29 Å². The highest BCUT2D eigenvalue weighted by molar-refractivity contribution is 5.74. The van der Waals surface area contributed by atoms with E-state index in [9.17, 15) is 4.79 Å². The average molecular weight is 449 g/mol. The van der Waals surface area contributed by atoms with E-state index in [1.165, 1.54) is 23.1 Å². The summed E-state index contributed by atoms with van der Waals surface area (Å²) in [4.78, 5) is 15.3. The van der Waals surface area contributed by atoms with Crippen LogP contribution in [0.25, 0.3) is 0 Å². The molecule has 5 rings (SSSR count). The van der Waals surface area contributed by atoms with Crippen molar-refractivity contribution in [2.45, 2.75) is 25.7 Å². The second kappa shape index (κ2) is 12.6. The molecule has 0 unspecified atom stereocenters. The molecule has 0 radical (unpaired) electrons. The molecule has 4 aromatic carbocycles. The zero-order chi connectivity index (χ0) is 23.4. The number of nitrogens with zero attached hydrogens (tertiary/aromatic N) is 2. The molecule has 4 aromatic rings. The lowest BCUT2D eigenvalue weighted by Crippen LogP contribution is -2.46. The smallest absolute Gasteiger partial charge is 0.150 e. The van der Waals surface area contributed by atoms with E-state index in [0.29, 0.717) is 6.17 Å². The first kappa shape index (κ1) is 23.6. The lowest BCUT2D eigenvalue weighted by Gasteiger charge is -2.44. The molecule has 0 atom stereocenters. The molecule has 0 aromatic heterocycles. The number of carbonyl (C=O) groups is 1. The van der Waals surface area contributed by atoms with E-state index < -0.39 is 0 Å². The van der Waals surface area contributed by atoms with Crippen LogP contribution in [0.5, 0.6) is 0 Å². The summed E-state index contributed by atoms with van der Waals surface area (Å²) in [6.45, 7) is 4.26. The normalized spacial score (nSPS) is 14.7. The van der Waals surface area contributed by atoms with E-state index in [1.807, 2.05) is 18.2 Å². The van der Waals surface area contributed by atoms with Crippen LogP contribution in [0.15, 0.2) is 121 Å². The van der Waals surface area contributed by atoms with Crippen LogP contribution in [0.1, 0.15) is 39.6 Å². The summed E-state index contributed by atoms with van der Waals surface area (Å²) in [6.07, 6.45) is 2.37. The van der Waals surface area contributed by atoms with Gasteiger partial charge >= 0.3 is 0 Å². The van der Waals surface area contributed by atoms with Gasteiger partial charge in [0.2, 0.25) is 0 Å². The van der Waals surface area contributed by atoms with Crippen molar-refractivity contribution in [2.24, 2.45) is 0 Å². The number of carbonyl (C=O) groups excluding carboxylic acids is 1. The fourth-order valence-electron chi connectivity index (χ4n) is 4.50. The first-order valence-corrected chi connectivity index (χ1v) is 11.9. The second-order valence-corrected chi connectivity index (χ2v) is 8.58. The van der Waals surface area contributed by atoms with Crippen LogP contribution in [0.3, 0.4) is 0 Å². The van der Waals surface area contributed by atoms with Gasteiger partial charge < -0.3 is 0 Å². The highest BCUT2D eigenvalue weighted by Gasteiger charge is 2.30. The minimum absolute atomic E-state index is 0.324. The van der Waals surface area contributed by atoms with Crippen molar-refractivity contribution < 1.29 is 4.79 Å². The van der Waals surface area contributed by atoms with Crippen LogP contribution < -0.4 is 0 Å². The predicted molar refractivity (Wildman–Crippen MR) is 139 cm³/mol. The van der Waals surface area contributed by atoms with Gasteiger partial charge in [0.05, 0.1) is 6.17 Å². The Labute approximate surface area is 203 Å². The summed E-state index contributed by atoms with van der Waals surface area (Å²) < 4.78 is 0. The van der Waals surface area contributed by atoms with Gasteiger partial charge in [0, 0.05) is 31.7 Å². The van der Waals surface area contributed by atoms with Gasteiger partial charge in [0.25, 0.3) is 0 Å². The largest absolute Gasteiger partial charge is 0.298 e. The van der Waals surface area contributed by atoms with E-state index in [1.54, 1.807) is 12.1 Å². The SMILES string of the molecule is O=Cc1ccccc1.c1ccc(CN2CCCN(Cc3ccccc3)C2c2ccccc2)cc1. The van der Waals surface area contributed by atoms with Crippen molar-refractivity contribution in [3.63, 3.8) is 0 Å². The van der Waals surface area contributed by atoms with E-state index in [4.69, 9.17) is 0 Å². The maximum atomic E-state index is 10.0. The van der Waals surface area contributed by atoms with Gasteiger partial charge in [-0.1, -0.05) is 121 Å². The third-order valence-corrected chi connectivity index (χ3v) is 6.07. The Bertz CT molecular complexity index is 1050. The second-order valence-electron chi connectivity index (χ2n) is 8.58. The van der Waals surface area contributed by atoms with E-state index in [-0.39, 0.29) is 0 Å². The highest BCUT2D eigenvalue weighted by Crippen LogP contribution is 2.31. The monoisotopic (exact) mass is 448 g/mol. The summed E-state index contributed by atoms with van der Waals surface area (Å²) in [5.41, 5.74) is 4.89. The quantitative estimate of drug-likeness (QED) is 0.311. The summed E-state index contributed by atoms with van der Waals surface area (Å²) in [5, 5.41) is 0. The Morgan fingerprint density at radius 2 is 1.00 bits per heavy atom. The fourth-order valence-corrected chi connectivity index (χ4v) is 4.50. The molecule has 0 saturated carbocycles. The molecule has 1 heterocycles. The lowest BCUT2D eigenvalue weighted by molar-refractivity contribution is -0.00908. The first-order chi connectivity index (χ1) is 16.8. The Kier molecular flexibility index (Phi) is 8.78. The number of aldehydes is 1. The van der Waals surface area contributed by atoms with E-state index in [0.717, 1.165) is 38.0 Å².